The summed E-state index contributed by atoms with van der Waals surface area (Å²) in [7, 11) is -3.29. The minimum atomic E-state index is -4.39. The fourth-order valence-corrected chi connectivity index (χ4v) is 4.37. The smallest absolute Gasteiger partial charge is 0.332 e. The molecular formula is C17H21F3N2O3S. The van der Waals surface area contributed by atoms with E-state index in [2.05, 4.69) is 0 Å². The monoisotopic (exact) mass is 390 g/mol. The van der Waals surface area contributed by atoms with Gasteiger partial charge in [0.1, 0.15) is 6.54 Å². The Morgan fingerprint density at radius 3 is 2.38 bits per heavy atom. The predicted octanol–water partition coefficient (Wildman–Crippen LogP) is 1.65. The van der Waals surface area contributed by atoms with Crippen LogP contribution in [0.3, 0.4) is 0 Å². The number of halogens is 3. The van der Waals surface area contributed by atoms with Crippen molar-refractivity contribution in [3.05, 3.63) is 29.3 Å². The van der Waals surface area contributed by atoms with E-state index >= 15 is 0 Å². The second-order valence-electron chi connectivity index (χ2n) is 6.92. The van der Waals surface area contributed by atoms with E-state index in [9.17, 15) is 26.4 Å². The molecular weight excluding hydrogens is 369 g/mol. The van der Waals surface area contributed by atoms with Gasteiger partial charge in [0.25, 0.3) is 0 Å². The largest absolute Gasteiger partial charge is 0.406 e. The summed E-state index contributed by atoms with van der Waals surface area (Å²) in [6.45, 7) is 0.0107. The number of rotatable bonds is 3. The maximum absolute atomic E-state index is 12.6. The number of hydrogen-bond donors (Lipinski definition) is 0. The number of alkyl halides is 3. The van der Waals surface area contributed by atoms with Gasteiger partial charge < -0.3 is 4.90 Å². The van der Waals surface area contributed by atoms with E-state index in [0.717, 1.165) is 22.3 Å². The zero-order chi connectivity index (χ0) is 19.1. The van der Waals surface area contributed by atoms with Crippen molar-refractivity contribution < 1.29 is 26.4 Å². The number of carbonyl (C=O) groups is 1. The van der Waals surface area contributed by atoms with Crippen LogP contribution in [0.2, 0.25) is 0 Å². The summed E-state index contributed by atoms with van der Waals surface area (Å²) < 4.78 is 61.2. The molecule has 1 unspecified atom stereocenters. The van der Waals surface area contributed by atoms with Gasteiger partial charge in [0.15, 0.2) is 9.84 Å². The van der Waals surface area contributed by atoms with Gasteiger partial charge in [-0.3, -0.25) is 9.69 Å². The molecule has 0 saturated carbocycles. The van der Waals surface area contributed by atoms with Crippen molar-refractivity contribution in [3.8, 4) is 0 Å². The highest BCUT2D eigenvalue weighted by molar-refractivity contribution is 7.90. The first-order valence-corrected chi connectivity index (χ1v) is 10.4. The molecule has 1 saturated heterocycles. The molecule has 144 valence electrons. The first-order chi connectivity index (χ1) is 12.0. The van der Waals surface area contributed by atoms with Gasteiger partial charge >= 0.3 is 6.18 Å². The number of nitrogens with zero attached hydrogens (tertiary/aromatic N) is 2. The van der Waals surface area contributed by atoms with Gasteiger partial charge in [0.2, 0.25) is 5.91 Å². The zero-order valence-corrected chi connectivity index (χ0v) is 15.2. The average Bonchev–Trinajstić information content (AvgIpc) is 2.76. The third-order valence-corrected chi connectivity index (χ3v) is 6.13. The predicted molar refractivity (Wildman–Crippen MR) is 89.6 cm³/mol. The van der Waals surface area contributed by atoms with Crippen LogP contribution in [0.15, 0.2) is 23.1 Å². The van der Waals surface area contributed by atoms with Gasteiger partial charge in [-0.1, -0.05) is 6.07 Å². The Morgan fingerprint density at radius 2 is 1.77 bits per heavy atom. The fraction of sp³-hybridized carbons (Fsp3) is 0.588. The maximum Gasteiger partial charge on any atom is 0.406 e. The Morgan fingerprint density at radius 1 is 1.12 bits per heavy atom. The van der Waals surface area contributed by atoms with Crippen LogP contribution in [0.1, 0.15) is 17.5 Å². The molecule has 0 radical (unpaired) electrons. The lowest BCUT2D eigenvalue weighted by Gasteiger charge is -2.26. The van der Waals surface area contributed by atoms with E-state index in [0.29, 0.717) is 32.4 Å². The normalized spacial score (nSPS) is 22.4. The van der Waals surface area contributed by atoms with E-state index in [1.165, 1.54) is 0 Å². The zero-order valence-electron chi connectivity index (χ0n) is 14.4. The molecule has 1 atom stereocenters. The highest BCUT2D eigenvalue weighted by atomic mass is 32.2. The summed E-state index contributed by atoms with van der Waals surface area (Å²) in [6, 6.07) is 4.51. The molecule has 2 aliphatic heterocycles. The van der Waals surface area contributed by atoms with Crippen LogP contribution in [0.5, 0.6) is 0 Å². The van der Waals surface area contributed by atoms with Crippen LogP contribution in [0, 0.1) is 0 Å². The van der Waals surface area contributed by atoms with Crippen molar-refractivity contribution >= 4 is 15.7 Å². The summed E-state index contributed by atoms with van der Waals surface area (Å²) in [5, 5.41) is 0. The van der Waals surface area contributed by atoms with Crippen LogP contribution in [-0.2, 0) is 27.5 Å². The number of fused-ring (bicyclic) bond motifs is 1. The summed E-state index contributed by atoms with van der Waals surface area (Å²) in [5.74, 6) is -0.467. The molecule has 26 heavy (non-hydrogen) atoms. The Balaban J connectivity index is 1.71. The fourth-order valence-electron chi connectivity index (χ4n) is 3.70. The summed E-state index contributed by atoms with van der Waals surface area (Å²) >= 11 is 0. The standard InChI is InChI=1S/C17H21F3N2O3S/c1-26(24,25)14-3-2-12-4-7-21(8-5-13(12)10-14)15-6-9-22(16(15)23)11-17(18,19)20/h2-3,10,15H,4-9,11H2,1H3. The Kier molecular flexibility index (Phi) is 5.04. The van der Waals surface area contributed by atoms with E-state index in [-0.39, 0.29) is 11.4 Å². The summed E-state index contributed by atoms with van der Waals surface area (Å²) in [5.41, 5.74) is 1.95. The van der Waals surface area contributed by atoms with Crippen molar-refractivity contribution in [2.45, 2.75) is 36.4 Å². The van der Waals surface area contributed by atoms with Crippen LogP contribution in [0.4, 0.5) is 13.2 Å². The van der Waals surface area contributed by atoms with E-state index in [1.54, 1.807) is 18.2 Å². The van der Waals surface area contributed by atoms with Crippen molar-refractivity contribution in [3.63, 3.8) is 0 Å². The van der Waals surface area contributed by atoms with Gasteiger partial charge in [-0.25, -0.2) is 8.42 Å². The lowest BCUT2D eigenvalue weighted by atomic mass is 10.0. The molecule has 5 nitrogen and oxygen atoms in total. The first-order valence-electron chi connectivity index (χ1n) is 8.46. The SMILES string of the molecule is CS(=O)(=O)c1ccc2c(c1)CCN(C1CCN(CC(F)(F)F)C1=O)CC2. The van der Waals surface area contributed by atoms with E-state index in [4.69, 9.17) is 0 Å². The molecule has 0 aromatic heterocycles. The Hall–Kier alpha value is -1.61. The first kappa shape index (κ1) is 19.2. The Bertz CT molecular complexity index is 808. The number of likely N-dealkylation sites (tertiary alicyclic amines) is 1. The average molecular weight is 390 g/mol. The van der Waals surface area contributed by atoms with Crippen LogP contribution in [0.25, 0.3) is 0 Å². The molecule has 9 heteroatoms. The Labute approximate surface area is 150 Å². The summed E-state index contributed by atoms with van der Waals surface area (Å²) in [6.07, 6.45) is -1.63. The molecule has 0 spiro atoms. The minimum Gasteiger partial charge on any atom is -0.332 e. The topological polar surface area (TPSA) is 57.7 Å². The van der Waals surface area contributed by atoms with Crippen LogP contribution >= 0.6 is 0 Å². The minimum absolute atomic E-state index is 0.116. The molecule has 2 heterocycles. The molecule has 1 aromatic carbocycles. The van der Waals surface area contributed by atoms with Crippen LogP contribution in [-0.4, -0.2) is 68.8 Å². The van der Waals surface area contributed by atoms with E-state index < -0.39 is 34.5 Å². The van der Waals surface area contributed by atoms with E-state index in [1.807, 2.05) is 4.90 Å². The second kappa shape index (κ2) is 6.84. The number of amides is 1. The lowest BCUT2D eigenvalue weighted by molar-refractivity contribution is -0.159. The quantitative estimate of drug-likeness (QED) is 0.788. The second-order valence-corrected chi connectivity index (χ2v) is 8.93. The highest BCUT2D eigenvalue weighted by Crippen LogP contribution is 2.26. The van der Waals surface area contributed by atoms with Gasteiger partial charge in [-0.15, -0.1) is 0 Å². The maximum atomic E-state index is 12.6. The molecule has 0 aliphatic carbocycles. The molecule has 0 bridgehead atoms. The van der Waals surface area contributed by atoms with Crippen molar-refractivity contribution in [1.82, 2.24) is 9.80 Å². The van der Waals surface area contributed by atoms with Crippen molar-refractivity contribution in [2.24, 2.45) is 0 Å². The third-order valence-electron chi connectivity index (χ3n) is 5.02. The molecule has 2 aliphatic rings. The van der Waals surface area contributed by atoms with Gasteiger partial charge in [0.05, 0.1) is 10.9 Å². The number of hydrogen-bond acceptors (Lipinski definition) is 4. The molecule has 1 amide bonds. The summed E-state index contributed by atoms with van der Waals surface area (Å²) in [4.78, 5) is 15.4. The number of benzene rings is 1. The molecule has 0 N–H and O–H groups in total. The molecule has 1 aromatic rings. The van der Waals surface area contributed by atoms with Gasteiger partial charge in [0, 0.05) is 25.9 Å². The number of carbonyl (C=O) groups excluding carboxylic acids is 1. The molecule has 1 fully saturated rings. The number of sulfone groups is 1. The van der Waals surface area contributed by atoms with Crippen molar-refractivity contribution in [2.75, 3.05) is 32.4 Å². The lowest BCUT2D eigenvalue weighted by Crippen LogP contribution is -2.45. The molecule has 3 rings (SSSR count). The van der Waals surface area contributed by atoms with Crippen LogP contribution < -0.4 is 0 Å². The van der Waals surface area contributed by atoms with Crippen molar-refractivity contribution in [1.29, 1.82) is 0 Å². The highest BCUT2D eigenvalue weighted by Gasteiger charge is 2.41. The van der Waals surface area contributed by atoms with Gasteiger partial charge in [-0.05, 0) is 42.5 Å². The van der Waals surface area contributed by atoms with Gasteiger partial charge in [-0.2, -0.15) is 13.2 Å². The third kappa shape index (κ3) is 4.20.